The van der Waals surface area contributed by atoms with Crippen molar-refractivity contribution in [1.29, 1.82) is 0 Å². The average molecular weight is 242 g/mol. The minimum absolute atomic E-state index is 0.202. The molecule has 4 nitrogen and oxygen atoms in total. The molecule has 17 heavy (non-hydrogen) atoms. The summed E-state index contributed by atoms with van der Waals surface area (Å²) in [5.74, 6) is 0.202. The lowest BCUT2D eigenvalue weighted by atomic mass is 10.1. The summed E-state index contributed by atoms with van der Waals surface area (Å²) in [6.07, 6.45) is 2.71. The molecular formula is C13H26N2O2. The van der Waals surface area contributed by atoms with Crippen molar-refractivity contribution in [2.24, 2.45) is 0 Å². The molecule has 0 spiro atoms. The fourth-order valence-corrected chi connectivity index (χ4v) is 2.40. The fraction of sp³-hybridized carbons (Fsp3) is 0.923. The van der Waals surface area contributed by atoms with E-state index in [0.717, 1.165) is 32.5 Å². The molecule has 0 aromatic carbocycles. The first kappa shape index (κ1) is 14.5. The van der Waals surface area contributed by atoms with Crippen LogP contribution in [0, 0.1) is 0 Å². The highest BCUT2D eigenvalue weighted by molar-refractivity contribution is 5.76. The molecule has 1 amide bonds. The summed E-state index contributed by atoms with van der Waals surface area (Å²) < 4.78 is 0. The summed E-state index contributed by atoms with van der Waals surface area (Å²) >= 11 is 0. The number of aliphatic hydroxyl groups excluding tert-OH is 1. The van der Waals surface area contributed by atoms with Gasteiger partial charge in [0.1, 0.15) is 0 Å². The van der Waals surface area contributed by atoms with Crippen molar-refractivity contribution in [3.05, 3.63) is 0 Å². The van der Waals surface area contributed by atoms with Crippen molar-refractivity contribution < 1.29 is 9.90 Å². The van der Waals surface area contributed by atoms with E-state index in [2.05, 4.69) is 18.9 Å². The number of likely N-dealkylation sites (N-methyl/N-ethyl adjacent to an activating group) is 1. The van der Waals surface area contributed by atoms with Crippen LogP contribution in [-0.2, 0) is 4.79 Å². The number of hydrogen-bond acceptors (Lipinski definition) is 3. The lowest BCUT2D eigenvalue weighted by molar-refractivity contribution is -0.134. The van der Waals surface area contributed by atoms with E-state index in [0.29, 0.717) is 18.9 Å². The first-order valence-electron chi connectivity index (χ1n) is 6.70. The Balaban J connectivity index is 2.55. The zero-order valence-electron chi connectivity index (χ0n) is 11.4. The van der Waals surface area contributed by atoms with Crippen molar-refractivity contribution in [2.75, 3.05) is 26.7 Å². The van der Waals surface area contributed by atoms with Crippen LogP contribution >= 0.6 is 0 Å². The Hall–Kier alpha value is -0.610. The molecule has 1 saturated heterocycles. The molecule has 1 aliphatic rings. The van der Waals surface area contributed by atoms with E-state index < -0.39 is 0 Å². The smallest absolute Gasteiger partial charge is 0.222 e. The predicted octanol–water partition coefficient (Wildman–Crippen LogP) is 1.09. The van der Waals surface area contributed by atoms with Crippen LogP contribution < -0.4 is 0 Å². The van der Waals surface area contributed by atoms with E-state index in [4.69, 9.17) is 0 Å². The standard InChI is InChI=1S/C13H26N2O2/c1-4-12-10-14(3)8-5-9-15(12)13(17)7-6-11(2)16/h11-12,16H,4-10H2,1-3H3. The minimum atomic E-state index is -0.381. The second-order valence-corrected chi connectivity index (χ2v) is 5.15. The highest BCUT2D eigenvalue weighted by Crippen LogP contribution is 2.14. The highest BCUT2D eigenvalue weighted by atomic mass is 16.3. The number of amides is 1. The van der Waals surface area contributed by atoms with Gasteiger partial charge in [-0.1, -0.05) is 6.92 Å². The molecule has 2 unspecified atom stereocenters. The summed E-state index contributed by atoms with van der Waals surface area (Å²) in [6.45, 7) is 6.77. The van der Waals surface area contributed by atoms with Crippen LogP contribution in [0.15, 0.2) is 0 Å². The molecule has 1 aliphatic heterocycles. The van der Waals surface area contributed by atoms with Gasteiger partial charge in [-0.25, -0.2) is 0 Å². The van der Waals surface area contributed by atoms with E-state index in [-0.39, 0.29) is 12.0 Å². The van der Waals surface area contributed by atoms with E-state index in [1.54, 1.807) is 6.92 Å². The van der Waals surface area contributed by atoms with Crippen LogP contribution in [0.25, 0.3) is 0 Å². The maximum Gasteiger partial charge on any atom is 0.222 e. The highest BCUT2D eigenvalue weighted by Gasteiger charge is 2.25. The van der Waals surface area contributed by atoms with E-state index in [1.165, 1.54) is 0 Å². The second-order valence-electron chi connectivity index (χ2n) is 5.15. The van der Waals surface area contributed by atoms with Gasteiger partial charge in [-0.15, -0.1) is 0 Å². The summed E-state index contributed by atoms with van der Waals surface area (Å²) in [7, 11) is 2.12. The van der Waals surface area contributed by atoms with Crippen molar-refractivity contribution >= 4 is 5.91 Å². The molecule has 4 heteroatoms. The molecule has 2 atom stereocenters. The molecule has 1 heterocycles. The van der Waals surface area contributed by atoms with Gasteiger partial charge in [-0.3, -0.25) is 4.79 Å². The van der Waals surface area contributed by atoms with Gasteiger partial charge in [-0.05, 0) is 39.8 Å². The molecule has 1 fully saturated rings. The van der Waals surface area contributed by atoms with E-state index in [1.807, 2.05) is 4.90 Å². The molecule has 0 aliphatic carbocycles. The molecule has 0 aromatic heterocycles. The Morgan fingerprint density at radius 1 is 1.47 bits per heavy atom. The third-order valence-corrected chi connectivity index (χ3v) is 3.47. The number of nitrogens with zero attached hydrogens (tertiary/aromatic N) is 2. The predicted molar refractivity (Wildman–Crippen MR) is 68.8 cm³/mol. The van der Waals surface area contributed by atoms with Crippen molar-refractivity contribution in [1.82, 2.24) is 9.80 Å². The fourth-order valence-electron chi connectivity index (χ4n) is 2.40. The van der Waals surface area contributed by atoms with Crippen molar-refractivity contribution in [3.8, 4) is 0 Å². The monoisotopic (exact) mass is 242 g/mol. The first-order valence-corrected chi connectivity index (χ1v) is 6.70. The Morgan fingerprint density at radius 3 is 2.76 bits per heavy atom. The Kier molecular flexibility index (Phi) is 5.92. The van der Waals surface area contributed by atoms with Crippen molar-refractivity contribution in [3.63, 3.8) is 0 Å². The molecule has 0 saturated carbocycles. The van der Waals surface area contributed by atoms with Gasteiger partial charge in [0.05, 0.1) is 6.10 Å². The molecular weight excluding hydrogens is 216 g/mol. The lowest BCUT2D eigenvalue weighted by Gasteiger charge is -2.30. The van der Waals surface area contributed by atoms with Gasteiger partial charge in [0.2, 0.25) is 5.91 Å². The second kappa shape index (κ2) is 6.97. The largest absolute Gasteiger partial charge is 0.393 e. The van der Waals surface area contributed by atoms with Crippen LogP contribution in [0.4, 0.5) is 0 Å². The number of hydrogen-bond donors (Lipinski definition) is 1. The first-order chi connectivity index (χ1) is 8.04. The third kappa shape index (κ3) is 4.64. The summed E-state index contributed by atoms with van der Waals surface area (Å²) in [4.78, 5) is 16.4. The molecule has 100 valence electrons. The summed E-state index contributed by atoms with van der Waals surface area (Å²) in [6, 6.07) is 0.337. The molecule has 0 bridgehead atoms. The third-order valence-electron chi connectivity index (χ3n) is 3.47. The number of aliphatic hydroxyl groups is 1. The average Bonchev–Trinajstić information content (AvgIpc) is 2.47. The number of carbonyl (C=O) groups is 1. The van der Waals surface area contributed by atoms with Crippen LogP contribution in [0.5, 0.6) is 0 Å². The van der Waals surface area contributed by atoms with Crippen LogP contribution in [0.3, 0.4) is 0 Å². The Labute approximate surface area is 105 Å². The van der Waals surface area contributed by atoms with Gasteiger partial charge in [-0.2, -0.15) is 0 Å². The lowest BCUT2D eigenvalue weighted by Crippen LogP contribution is -2.43. The van der Waals surface area contributed by atoms with Crippen LogP contribution in [-0.4, -0.2) is 59.6 Å². The molecule has 1 N–H and O–H groups in total. The number of carbonyl (C=O) groups excluding carboxylic acids is 1. The zero-order valence-corrected chi connectivity index (χ0v) is 11.4. The topological polar surface area (TPSA) is 43.8 Å². The minimum Gasteiger partial charge on any atom is -0.393 e. The van der Waals surface area contributed by atoms with Gasteiger partial charge in [0.25, 0.3) is 0 Å². The van der Waals surface area contributed by atoms with Crippen LogP contribution in [0.2, 0.25) is 0 Å². The van der Waals surface area contributed by atoms with Gasteiger partial charge in [0.15, 0.2) is 0 Å². The Bertz CT molecular complexity index is 244. The maximum absolute atomic E-state index is 12.1. The quantitative estimate of drug-likeness (QED) is 0.802. The SMILES string of the molecule is CCC1CN(C)CCCN1C(=O)CCC(C)O. The van der Waals surface area contributed by atoms with Gasteiger partial charge in [0, 0.05) is 25.6 Å². The zero-order chi connectivity index (χ0) is 12.8. The molecule has 1 rings (SSSR count). The molecule has 0 radical (unpaired) electrons. The van der Waals surface area contributed by atoms with Crippen LogP contribution in [0.1, 0.15) is 39.5 Å². The molecule has 0 aromatic rings. The van der Waals surface area contributed by atoms with Crippen molar-refractivity contribution in [2.45, 2.75) is 51.7 Å². The number of rotatable bonds is 4. The Morgan fingerprint density at radius 2 is 2.18 bits per heavy atom. The maximum atomic E-state index is 12.1. The summed E-state index contributed by atoms with van der Waals surface area (Å²) in [5, 5.41) is 9.24. The van der Waals surface area contributed by atoms with Gasteiger partial charge < -0.3 is 14.9 Å². The van der Waals surface area contributed by atoms with E-state index >= 15 is 0 Å². The van der Waals surface area contributed by atoms with E-state index in [9.17, 15) is 9.90 Å². The van der Waals surface area contributed by atoms with Gasteiger partial charge >= 0.3 is 0 Å². The summed E-state index contributed by atoms with van der Waals surface area (Å²) in [5.41, 5.74) is 0. The normalized spacial score (nSPS) is 24.5.